The number of rotatable bonds is 4. The van der Waals surface area contributed by atoms with E-state index >= 15 is 0 Å². The van der Waals surface area contributed by atoms with Gasteiger partial charge in [-0.3, -0.25) is 0 Å². The molecule has 0 radical (unpaired) electrons. The third kappa shape index (κ3) is 3.44. The highest BCUT2D eigenvalue weighted by atomic mass is 79.9. The van der Waals surface area contributed by atoms with E-state index in [1.165, 1.54) is 5.56 Å². The molecule has 1 unspecified atom stereocenters. The summed E-state index contributed by atoms with van der Waals surface area (Å²) in [6.07, 6.45) is 0. The van der Waals surface area contributed by atoms with Crippen molar-refractivity contribution in [1.82, 2.24) is 5.32 Å². The van der Waals surface area contributed by atoms with Crippen molar-refractivity contribution in [2.75, 3.05) is 19.0 Å². The van der Waals surface area contributed by atoms with Crippen molar-refractivity contribution in [3.63, 3.8) is 0 Å². The molecule has 2 aromatic carbocycles. The van der Waals surface area contributed by atoms with Crippen LogP contribution in [0.4, 0.5) is 11.4 Å². The number of nitriles is 1. The molecule has 0 amide bonds. The molecule has 0 bridgehead atoms. The highest BCUT2D eigenvalue weighted by Gasteiger charge is 2.14. The van der Waals surface area contributed by atoms with Gasteiger partial charge in [0, 0.05) is 28.9 Å². The first-order valence-corrected chi connectivity index (χ1v) is 7.56. The minimum atomic E-state index is 0.248. The van der Waals surface area contributed by atoms with Gasteiger partial charge in [-0.15, -0.1) is 0 Å². The number of benzene rings is 2. The van der Waals surface area contributed by atoms with Crippen LogP contribution in [0.15, 0.2) is 46.9 Å². The zero-order chi connectivity index (χ0) is 15.4. The van der Waals surface area contributed by atoms with Crippen molar-refractivity contribution in [2.45, 2.75) is 13.0 Å². The number of nitrogens with zero attached hydrogens (tertiary/aromatic N) is 2. The normalized spacial score (nSPS) is 11.8. The molecule has 4 heteroatoms. The molecule has 0 heterocycles. The van der Waals surface area contributed by atoms with Crippen molar-refractivity contribution in [3.05, 3.63) is 58.1 Å². The molecule has 108 valence electrons. The van der Waals surface area contributed by atoms with Crippen molar-refractivity contribution < 1.29 is 0 Å². The first-order chi connectivity index (χ1) is 10.1. The lowest BCUT2D eigenvalue weighted by molar-refractivity contribution is 0.652. The largest absolute Gasteiger partial charge is 0.344 e. The van der Waals surface area contributed by atoms with Gasteiger partial charge < -0.3 is 10.2 Å². The van der Waals surface area contributed by atoms with E-state index in [9.17, 15) is 0 Å². The van der Waals surface area contributed by atoms with Crippen molar-refractivity contribution >= 4 is 27.3 Å². The maximum Gasteiger partial charge on any atom is 0.0991 e. The molecular formula is C17H18BrN3. The van der Waals surface area contributed by atoms with E-state index in [0.29, 0.717) is 5.56 Å². The van der Waals surface area contributed by atoms with Crippen LogP contribution in [0.2, 0.25) is 0 Å². The van der Waals surface area contributed by atoms with Gasteiger partial charge in [-0.2, -0.15) is 5.26 Å². The van der Waals surface area contributed by atoms with Gasteiger partial charge in [0.25, 0.3) is 0 Å². The number of nitrogens with one attached hydrogen (secondary N) is 1. The number of hydrogen-bond donors (Lipinski definition) is 1. The second-order valence-corrected chi connectivity index (χ2v) is 5.85. The maximum atomic E-state index is 8.89. The summed E-state index contributed by atoms with van der Waals surface area (Å²) in [4.78, 5) is 2.14. The summed E-state index contributed by atoms with van der Waals surface area (Å²) in [6, 6.07) is 16.3. The zero-order valence-electron chi connectivity index (χ0n) is 12.4. The third-order valence-electron chi connectivity index (χ3n) is 3.63. The standard InChI is InChI=1S/C17H18BrN3/c1-12(20-2)16-10-14(18)6-9-17(16)21(3)15-7-4-13(11-19)5-8-15/h4-10,12,20H,1-3H3. The Morgan fingerprint density at radius 2 is 1.86 bits per heavy atom. The van der Waals surface area contributed by atoms with Gasteiger partial charge in [-0.05, 0) is 62.0 Å². The SMILES string of the molecule is CNC(C)c1cc(Br)ccc1N(C)c1ccc(C#N)cc1. The van der Waals surface area contributed by atoms with Crippen LogP contribution in [0, 0.1) is 11.3 Å². The fraction of sp³-hybridized carbons (Fsp3) is 0.235. The molecule has 1 atom stereocenters. The molecule has 3 nitrogen and oxygen atoms in total. The van der Waals surface area contributed by atoms with Crippen molar-refractivity contribution in [1.29, 1.82) is 5.26 Å². The molecule has 0 aliphatic rings. The fourth-order valence-electron chi connectivity index (χ4n) is 2.23. The summed E-state index contributed by atoms with van der Waals surface area (Å²) in [6.45, 7) is 2.14. The van der Waals surface area contributed by atoms with E-state index in [1.807, 2.05) is 44.4 Å². The average molecular weight is 344 g/mol. The predicted octanol–water partition coefficient (Wildman–Crippen LogP) is 4.37. The van der Waals surface area contributed by atoms with Crippen molar-refractivity contribution in [2.24, 2.45) is 0 Å². The first-order valence-electron chi connectivity index (χ1n) is 6.77. The van der Waals surface area contributed by atoms with Gasteiger partial charge in [0.2, 0.25) is 0 Å². The van der Waals surface area contributed by atoms with Gasteiger partial charge in [0.1, 0.15) is 0 Å². The third-order valence-corrected chi connectivity index (χ3v) is 4.13. The topological polar surface area (TPSA) is 39.1 Å². The molecule has 2 rings (SSSR count). The van der Waals surface area contributed by atoms with E-state index in [2.05, 4.69) is 51.3 Å². The minimum Gasteiger partial charge on any atom is -0.344 e. The predicted molar refractivity (Wildman–Crippen MR) is 90.8 cm³/mol. The van der Waals surface area contributed by atoms with Crippen LogP contribution in [0.3, 0.4) is 0 Å². The Morgan fingerprint density at radius 3 is 2.43 bits per heavy atom. The Hall–Kier alpha value is -1.83. The first kappa shape index (κ1) is 15.6. The van der Waals surface area contributed by atoms with Crippen LogP contribution in [0.25, 0.3) is 0 Å². The molecular weight excluding hydrogens is 326 g/mol. The van der Waals surface area contributed by atoms with Gasteiger partial charge >= 0.3 is 0 Å². The van der Waals surface area contributed by atoms with E-state index in [0.717, 1.165) is 15.8 Å². The molecule has 0 saturated carbocycles. The Labute approximate surface area is 134 Å². The number of halogens is 1. The molecule has 0 fully saturated rings. The maximum absolute atomic E-state index is 8.89. The molecule has 0 saturated heterocycles. The molecule has 1 N–H and O–H groups in total. The summed E-state index contributed by atoms with van der Waals surface area (Å²) in [5.41, 5.74) is 4.09. The molecule has 0 aliphatic heterocycles. The lowest BCUT2D eigenvalue weighted by Gasteiger charge is -2.25. The molecule has 2 aromatic rings. The lowest BCUT2D eigenvalue weighted by Crippen LogP contribution is -2.18. The summed E-state index contributed by atoms with van der Waals surface area (Å²) < 4.78 is 1.07. The van der Waals surface area contributed by atoms with E-state index in [4.69, 9.17) is 5.26 Å². The smallest absolute Gasteiger partial charge is 0.0991 e. The van der Waals surface area contributed by atoms with Gasteiger partial charge in [0.15, 0.2) is 0 Å². The monoisotopic (exact) mass is 343 g/mol. The average Bonchev–Trinajstić information content (AvgIpc) is 2.53. The zero-order valence-corrected chi connectivity index (χ0v) is 14.0. The summed E-state index contributed by atoms with van der Waals surface area (Å²) in [7, 11) is 3.99. The van der Waals surface area contributed by atoms with Crippen LogP contribution < -0.4 is 10.2 Å². The molecule has 0 aromatic heterocycles. The highest BCUT2D eigenvalue weighted by molar-refractivity contribution is 9.10. The van der Waals surface area contributed by atoms with Gasteiger partial charge in [-0.1, -0.05) is 15.9 Å². The summed E-state index contributed by atoms with van der Waals surface area (Å²) in [5, 5.41) is 12.2. The lowest BCUT2D eigenvalue weighted by atomic mass is 10.0. The Morgan fingerprint density at radius 1 is 1.19 bits per heavy atom. The van der Waals surface area contributed by atoms with E-state index in [-0.39, 0.29) is 6.04 Å². The van der Waals surface area contributed by atoms with Gasteiger partial charge in [-0.25, -0.2) is 0 Å². The molecule has 0 aliphatic carbocycles. The Kier molecular flexibility index (Phi) is 5.00. The van der Waals surface area contributed by atoms with Crippen LogP contribution in [-0.2, 0) is 0 Å². The van der Waals surface area contributed by atoms with Crippen molar-refractivity contribution in [3.8, 4) is 6.07 Å². The van der Waals surface area contributed by atoms with Gasteiger partial charge in [0.05, 0.1) is 11.6 Å². The number of hydrogen-bond acceptors (Lipinski definition) is 3. The Bertz CT molecular complexity index is 659. The van der Waals surface area contributed by atoms with Crippen LogP contribution in [0.1, 0.15) is 24.1 Å². The van der Waals surface area contributed by atoms with Crippen LogP contribution >= 0.6 is 15.9 Å². The highest BCUT2D eigenvalue weighted by Crippen LogP contribution is 2.33. The minimum absolute atomic E-state index is 0.248. The van der Waals surface area contributed by atoms with E-state index in [1.54, 1.807) is 0 Å². The second kappa shape index (κ2) is 6.75. The summed E-state index contributed by atoms with van der Waals surface area (Å²) >= 11 is 3.54. The van der Waals surface area contributed by atoms with Crippen LogP contribution in [0.5, 0.6) is 0 Å². The summed E-state index contributed by atoms with van der Waals surface area (Å²) in [5.74, 6) is 0. The number of anilines is 2. The second-order valence-electron chi connectivity index (χ2n) is 4.93. The molecule has 0 spiro atoms. The van der Waals surface area contributed by atoms with E-state index < -0.39 is 0 Å². The Balaban J connectivity index is 2.42. The van der Waals surface area contributed by atoms with Crippen LogP contribution in [-0.4, -0.2) is 14.1 Å². The molecule has 21 heavy (non-hydrogen) atoms. The quantitative estimate of drug-likeness (QED) is 0.895. The fourth-order valence-corrected chi connectivity index (χ4v) is 2.61.